The van der Waals surface area contributed by atoms with E-state index >= 15 is 0 Å². The summed E-state index contributed by atoms with van der Waals surface area (Å²) >= 11 is 6.18. The Balaban J connectivity index is 2.38. The van der Waals surface area contributed by atoms with E-state index in [2.05, 4.69) is 31.9 Å². The molecule has 0 aromatic heterocycles. The molecule has 82 valence electrons. The molecular formula is C10H4Br2O4. The molecule has 0 radical (unpaired) electrons. The first-order valence-electron chi connectivity index (χ1n) is 4.25. The summed E-state index contributed by atoms with van der Waals surface area (Å²) in [5, 5.41) is 0. The van der Waals surface area contributed by atoms with Gasteiger partial charge in [-0.05, 0) is 50.1 Å². The van der Waals surface area contributed by atoms with E-state index in [0.29, 0.717) is 4.48 Å². The highest BCUT2D eigenvalue weighted by Crippen LogP contribution is 2.35. The molecule has 4 nitrogen and oxygen atoms in total. The number of hydrogen-bond donors (Lipinski definition) is 0. The summed E-state index contributed by atoms with van der Waals surface area (Å²) in [5.74, 6) is -1.20. The summed E-state index contributed by atoms with van der Waals surface area (Å²) in [5.41, 5.74) is 0.155. The predicted molar refractivity (Wildman–Crippen MR) is 62.0 cm³/mol. The normalized spacial score (nSPS) is 25.0. The molecule has 0 aromatic rings. The second-order valence-electron chi connectivity index (χ2n) is 3.15. The summed E-state index contributed by atoms with van der Waals surface area (Å²) in [7, 11) is 0. The molecule has 0 fully saturated rings. The fourth-order valence-electron chi connectivity index (χ4n) is 1.35. The van der Waals surface area contributed by atoms with Crippen LogP contribution in [-0.2, 0) is 19.1 Å². The molecule has 2 rings (SSSR count). The maximum Gasteiger partial charge on any atom is 0.347 e. The number of halogens is 2. The van der Waals surface area contributed by atoms with Crippen molar-refractivity contribution in [3.63, 3.8) is 0 Å². The lowest BCUT2D eigenvalue weighted by atomic mass is 9.99. The van der Waals surface area contributed by atoms with Crippen LogP contribution < -0.4 is 0 Å². The second kappa shape index (κ2) is 4.10. The quantitative estimate of drug-likeness (QED) is 0.533. The summed E-state index contributed by atoms with van der Waals surface area (Å²) in [4.78, 5) is 33.9. The van der Waals surface area contributed by atoms with Crippen LogP contribution in [0.5, 0.6) is 0 Å². The number of rotatable bonds is 1. The number of esters is 1. The Kier molecular flexibility index (Phi) is 2.94. The van der Waals surface area contributed by atoms with E-state index in [1.165, 1.54) is 12.2 Å². The standard InChI is InChI=1S/C10H4Br2O4/c11-7-8(12)10(15)16-9(7)5-3-4(13)1-2-6(5)14/h1-3,9H/t9-/m1/s1. The molecule has 0 saturated carbocycles. The van der Waals surface area contributed by atoms with Crippen molar-refractivity contribution >= 4 is 49.4 Å². The van der Waals surface area contributed by atoms with Gasteiger partial charge in [-0.3, -0.25) is 9.59 Å². The zero-order valence-corrected chi connectivity index (χ0v) is 10.9. The fraction of sp³-hybridized carbons (Fsp3) is 0.100. The highest BCUT2D eigenvalue weighted by atomic mass is 79.9. The van der Waals surface area contributed by atoms with E-state index in [4.69, 9.17) is 4.74 Å². The van der Waals surface area contributed by atoms with Crippen LogP contribution in [0.25, 0.3) is 0 Å². The summed E-state index contributed by atoms with van der Waals surface area (Å²) in [6.07, 6.45) is 2.68. The smallest absolute Gasteiger partial charge is 0.347 e. The Morgan fingerprint density at radius 2 is 1.81 bits per heavy atom. The number of hydrogen-bond acceptors (Lipinski definition) is 4. The summed E-state index contributed by atoms with van der Waals surface area (Å²) < 4.78 is 5.61. The van der Waals surface area contributed by atoms with Crippen molar-refractivity contribution in [2.45, 2.75) is 6.10 Å². The van der Waals surface area contributed by atoms with Gasteiger partial charge in [0.25, 0.3) is 0 Å². The molecule has 16 heavy (non-hydrogen) atoms. The van der Waals surface area contributed by atoms with Gasteiger partial charge >= 0.3 is 5.97 Å². The molecule has 0 saturated heterocycles. The minimum Gasteiger partial charge on any atom is -0.448 e. The Morgan fingerprint density at radius 3 is 2.38 bits per heavy atom. The molecular weight excluding hydrogens is 344 g/mol. The average molecular weight is 348 g/mol. The van der Waals surface area contributed by atoms with Crippen LogP contribution in [-0.4, -0.2) is 23.6 Å². The fourth-order valence-corrected chi connectivity index (χ4v) is 2.16. The maximum atomic E-state index is 11.5. The first-order valence-corrected chi connectivity index (χ1v) is 5.83. The van der Waals surface area contributed by atoms with Gasteiger partial charge in [0.05, 0.1) is 4.48 Å². The Bertz CT molecular complexity index is 499. The summed E-state index contributed by atoms with van der Waals surface area (Å²) in [6, 6.07) is 0. The third kappa shape index (κ3) is 1.82. The molecule has 0 amide bonds. The first kappa shape index (κ1) is 11.5. The third-order valence-corrected chi connectivity index (χ3v) is 4.20. The Morgan fingerprint density at radius 1 is 1.12 bits per heavy atom. The molecule has 0 spiro atoms. The molecule has 1 aliphatic heterocycles. The predicted octanol–water partition coefficient (Wildman–Crippen LogP) is 1.55. The zero-order chi connectivity index (χ0) is 11.9. The van der Waals surface area contributed by atoms with Crippen LogP contribution >= 0.6 is 31.9 Å². The number of ether oxygens (including phenoxy) is 1. The van der Waals surface area contributed by atoms with Gasteiger partial charge < -0.3 is 4.74 Å². The minimum atomic E-state index is -0.830. The van der Waals surface area contributed by atoms with Crippen LogP contribution in [0.2, 0.25) is 0 Å². The monoisotopic (exact) mass is 346 g/mol. The number of carbonyl (C=O) groups is 3. The number of carbonyl (C=O) groups excluding carboxylic acids is 3. The third-order valence-electron chi connectivity index (χ3n) is 2.11. The first-order chi connectivity index (χ1) is 7.50. The average Bonchev–Trinajstić information content (AvgIpc) is 2.50. The minimum absolute atomic E-state index is 0.155. The molecule has 1 aliphatic carbocycles. The molecule has 0 unspecified atom stereocenters. The SMILES string of the molecule is O=C1C=CC(=O)C([C@H]2OC(=O)C(Br)=C2Br)=C1. The van der Waals surface area contributed by atoms with Crippen molar-refractivity contribution in [1.82, 2.24) is 0 Å². The lowest BCUT2D eigenvalue weighted by Gasteiger charge is -2.14. The molecule has 6 heteroatoms. The van der Waals surface area contributed by atoms with Crippen molar-refractivity contribution in [2.24, 2.45) is 0 Å². The molecule has 0 bridgehead atoms. The van der Waals surface area contributed by atoms with Gasteiger partial charge in [-0.1, -0.05) is 0 Å². The van der Waals surface area contributed by atoms with E-state index in [0.717, 1.165) is 6.08 Å². The highest BCUT2D eigenvalue weighted by molar-refractivity contribution is 9.14. The van der Waals surface area contributed by atoms with Crippen LogP contribution in [0.4, 0.5) is 0 Å². The molecule has 0 N–H and O–H groups in total. The van der Waals surface area contributed by atoms with Crippen molar-refractivity contribution in [1.29, 1.82) is 0 Å². The van der Waals surface area contributed by atoms with E-state index in [1.54, 1.807) is 0 Å². The lowest BCUT2D eigenvalue weighted by molar-refractivity contribution is -0.138. The van der Waals surface area contributed by atoms with Crippen molar-refractivity contribution in [3.8, 4) is 0 Å². The zero-order valence-electron chi connectivity index (χ0n) is 7.70. The van der Waals surface area contributed by atoms with Crippen molar-refractivity contribution in [3.05, 3.63) is 32.8 Å². The Labute approximate surface area is 107 Å². The van der Waals surface area contributed by atoms with Crippen molar-refractivity contribution in [2.75, 3.05) is 0 Å². The largest absolute Gasteiger partial charge is 0.448 e. The van der Waals surface area contributed by atoms with E-state index in [-0.39, 0.29) is 21.6 Å². The van der Waals surface area contributed by atoms with Gasteiger partial charge in [0.2, 0.25) is 0 Å². The van der Waals surface area contributed by atoms with Gasteiger partial charge in [0.1, 0.15) is 4.48 Å². The van der Waals surface area contributed by atoms with Gasteiger partial charge in [-0.2, -0.15) is 0 Å². The number of allylic oxidation sites excluding steroid dienone is 3. The Hall–Kier alpha value is -1.01. The van der Waals surface area contributed by atoms with Gasteiger partial charge in [0, 0.05) is 5.57 Å². The van der Waals surface area contributed by atoms with Crippen LogP contribution in [0.3, 0.4) is 0 Å². The number of cyclic esters (lactones) is 1. The number of ketones is 2. The van der Waals surface area contributed by atoms with E-state index in [1.807, 2.05) is 0 Å². The van der Waals surface area contributed by atoms with Gasteiger partial charge in [-0.15, -0.1) is 0 Å². The molecule has 1 atom stereocenters. The second-order valence-corrected chi connectivity index (χ2v) is 4.79. The molecule has 1 heterocycles. The van der Waals surface area contributed by atoms with Crippen molar-refractivity contribution < 1.29 is 19.1 Å². The van der Waals surface area contributed by atoms with E-state index < -0.39 is 12.1 Å². The topological polar surface area (TPSA) is 60.4 Å². The maximum absolute atomic E-state index is 11.5. The van der Waals surface area contributed by atoms with Gasteiger partial charge in [0.15, 0.2) is 17.7 Å². The van der Waals surface area contributed by atoms with Crippen LogP contribution in [0.15, 0.2) is 32.8 Å². The summed E-state index contributed by atoms with van der Waals surface area (Å²) in [6.45, 7) is 0. The lowest BCUT2D eigenvalue weighted by Crippen LogP contribution is -2.21. The van der Waals surface area contributed by atoms with Crippen LogP contribution in [0, 0.1) is 0 Å². The molecule has 0 aromatic carbocycles. The van der Waals surface area contributed by atoms with E-state index in [9.17, 15) is 14.4 Å². The molecule has 2 aliphatic rings. The highest BCUT2D eigenvalue weighted by Gasteiger charge is 2.36. The van der Waals surface area contributed by atoms with Gasteiger partial charge in [-0.25, -0.2) is 4.79 Å². The van der Waals surface area contributed by atoms with Crippen LogP contribution in [0.1, 0.15) is 0 Å².